The Bertz CT molecular complexity index is 232. The lowest BCUT2D eigenvalue weighted by atomic mass is 10.1. The highest BCUT2D eigenvalue weighted by molar-refractivity contribution is 9.09. The Hall–Kier alpha value is -0.310. The first-order valence-electron chi connectivity index (χ1n) is 4.26. The van der Waals surface area contributed by atoms with Crippen LogP contribution in [0.25, 0.3) is 0 Å². The van der Waals surface area contributed by atoms with Gasteiger partial charge in [-0.1, -0.05) is 22.9 Å². The van der Waals surface area contributed by atoms with Crippen LogP contribution >= 0.6 is 15.9 Å². The summed E-state index contributed by atoms with van der Waals surface area (Å²) in [7, 11) is 1.96. The lowest BCUT2D eigenvalue weighted by Gasteiger charge is -2.04. The third-order valence-electron chi connectivity index (χ3n) is 1.95. The Kier molecular flexibility index (Phi) is 3.79. The van der Waals surface area contributed by atoms with Crippen LogP contribution in [0.5, 0.6) is 0 Å². The molecule has 2 nitrogen and oxygen atoms in total. The van der Waals surface area contributed by atoms with Gasteiger partial charge < -0.3 is 0 Å². The van der Waals surface area contributed by atoms with Crippen LogP contribution in [0.15, 0.2) is 12.4 Å². The molecule has 12 heavy (non-hydrogen) atoms. The molecule has 0 aliphatic carbocycles. The quantitative estimate of drug-likeness (QED) is 0.727. The summed E-state index contributed by atoms with van der Waals surface area (Å²) in [5.41, 5.74) is 1.34. The van der Waals surface area contributed by atoms with Crippen LogP contribution in [0.3, 0.4) is 0 Å². The van der Waals surface area contributed by atoms with Gasteiger partial charge >= 0.3 is 0 Å². The van der Waals surface area contributed by atoms with Gasteiger partial charge in [0, 0.05) is 18.6 Å². The van der Waals surface area contributed by atoms with Crippen LogP contribution in [0, 0.1) is 5.92 Å². The largest absolute Gasteiger partial charge is 0.276 e. The van der Waals surface area contributed by atoms with Crippen molar-refractivity contribution in [3.05, 3.63) is 18.0 Å². The van der Waals surface area contributed by atoms with E-state index in [1.54, 1.807) is 0 Å². The molecular formula is C9H15BrN2. The first-order valence-corrected chi connectivity index (χ1v) is 5.38. The lowest BCUT2D eigenvalue weighted by Crippen LogP contribution is -1.97. The zero-order chi connectivity index (χ0) is 8.97. The predicted molar refractivity (Wildman–Crippen MR) is 54.5 cm³/mol. The van der Waals surface area contributed by atoms with Crippen molar-refractivity contribution in [2.45, 2.75) is 19.8 Å². The molecule has 0 spiro atoms. The number of rotatable bonds is 4. The molecule has 0 aromatic carbocycles. The van der Waals surface area contributed by atoms with Gasteiger partial charge in [0.1, 0.15) is 0 Å². The van der Waals surface area contributed by atoms with Crippen LogP contribution < -0.4 is 0 Å². The van der Waals surface area contributed by atoms with Gasteiger partial charge in [0.05, 0.1) is 6.20 Å². The van der Waals surface area contributed by atoms with Gasteiger partial charge in [-0.25, -0.2) is 0 Å². The molecule has 0 bridgehead atoms. The van der Waals surface area contributed by atoms with Crippen molar-refractivity contribution >= 4 is 15.9 Å². The van der Waals surface area contributed by atoms with E-state index in [2.05, 4.69) is 34.1 Å². The molecule has 0 saturated heterocycles. The molecule has 1 unspecified atom stereocenters. The van der Waals surface area contributed by atoms with E-state index in [4.69, 9.17) is 0 Å². The van der Waals surface area contributed by atoms with Crippen LogP contribution in [0.1, 0.15) is 18.9 Å². The highest BCUT2D eigenvalue weighted by Gasteiger charge is 2.01. The molecule has 68 valence electrons. The van der Waals surface area contributed by atoms with Crippen LogP contribution in [0.4, 0.5) is 0 Å². The molecule has 1 heterocycles. The molecule has 0 aliphatic rings. The molecule has 0 fully saturated rings. The van der Waals surface area contributed by atoms with Gasteiger partial charge in [0.15, 0.2) is 0 Å². The third kappa shape index (κ3) is 2.97. The first kappa shape index (κ1) is 9.78. The van der Waals surface area contributed by atoms with Crippen LogP contribution in [0.2, 0.25) is 0 Å². The average molecular weight is 231 g/mol. The van der Waals surface area contributed by atoms with E-state index >= 15 is 0 Å². The van der Waals surface area contributed by atoms with Crippen molar-refractivity contribution in [1.82, 2.24) is 9.78 Å². The maximum atomic E-state index is 4.13. The van der Waals surface area contributed by atoms with Crippen molar-refractivity contribution in [2.75, 3.05) is 5.33 Å². The summed E-state index contributed by atoms with van der Waals surface area (Å²) in [6, 6.07) is 0. The zero-order valence-corrected chi connectivity index (χ0v) is 9.21. The predicted octanol–water partition coefficient (Wildman–Crippen LogP) is 2.38. The number of aryl methyl sites for hydroxylation is 2. The van der Waals surface area contributed by atoms with E-state index in [0.29, 0.717) is 0 Å². The third-order valence-corrected chi connectivity index (χ3v) is 3.05. The highest BCUT2D eigenvalue weighted by atomic mass is 79.9. The van der Waals surface area contributed by atoms with Crippen molar-refractivity contribution in [3.63, 3.8) is 0 Å². The summed E-state index contributed by atoms with van der Waals surface area (Å²) in [6.07, 6.45) is 6.40. The van der Waals surface area contributed by atoms with E-state index in [1.165, 1.54) is 12.0 Å². The molecule has 3 heteroatoms. The van der Waals surface area contributed by atoms with E-state index < -0.39 is 0 Å². The summed E-state index contributed by atoms with van der Waals surface area (Å²) in [5, 5.41) is 5.22. The van der Waals surface area contributed by atoms with Gasteiger partial charge in [0.2, 0.25) is 0 Å². The molecule has 0 saturated carbocycles. The smallest absolute Gasteiger partial charge is 0.0521 e. The van der Waals surface area contributed by atoms with Crippen molar-refractivity contribution in [3.8, 4) is 0 Å². The van der Waals surface area contributed by atoms with Gasteiger partial charge in [0.25, 0.3) is 0 Å². The second-order valence-electron chi connectivity index (χ2n) is 3.32. The first-order chi connectivity index (χ1) is 5.72. The lowest BCUT2D eigenvalue weighted by molar-refractivity contribution is 0.599. The number of alkyl halides is 1. The standard InChI is InChI=1S/C9H15BrN2/c1-8(5-10)3-4-9-6-11-12(2)7-9/h6-8H,3-5H2,1-2H3. The summed E-state index contributed by atoms with van der Waals surface area (Å²) >= 11 is 3.47. The number of hydrogen-bond acceptors (Lipinski definition) is 1. The molecule has 1 aromatic rings. The monoisotopic (exact) mass is 230 g/mol. The van der Waals surface area contributed by atoms with Crippen molar-refractivity contribution < 1.29 is 0 Å². The number of nitrogens with zero attached hydrogens (tertiary/aromatic N) is 2. The summed E-state index contributed by atoms with van der Waals surface area (Å²) in [4.78, 5) is 0. The maximum Gasteiger partial charge on any atom is 0.0521 e. The van der Waals surface area contributed by atoms with E-state index in [9.17, 15) is 0 Å². The van der Waals surface area contributed by atoms with Crippen molar-refractivity contribution in [2.24, 2.45) is 13.0 Å². The molecular weight excluding hydrogens is 216 g/mol. The Labute approximate surface area is 82.1 Å². The highest BCUT2D eigenvalue weighted by Crippen LogP contribution is 2.10. The summed E-state index contributed by atoms with van der Waals surface area (Å²) < 4.78 is 1.86. The molecule has 0 N–H and O–H groups in total. The Balaban J connectivity index is 2.33. The molecule has 1 rings (SSSR count). The number of aromatic nitrogens is 2. The molecule has 1 atom stereocenters. The normalized spacial score (nSPS) is 13.2. The Morgan fingerprint density at radius 2 is 2.42 bits per heavy atom. The number of halogens is 1. The van der Waals surface area contributed by atoms with Crippen molar-refractivity contribution in [1.29, 1.82) is 0 Å². The maximum absolute atomic E-state index is 4.13. The fourth-order valence-electron chi connectivity index (χ4n) is 1.09. The molecule has 1 aromatic heterocycles. The van der Waals surface area contributed by atoms with Gasteiger partial charge in [-0.15, -0.1) is 0 Å². The fraction of sp³-hybridized carbons (Fsp3) is 0.667. The number of hydrogen-bond donors (Lipinski definition) is 0. The van der Waals surface area contributed by atoms with E-state index in [1.807, 2.05) is 17.9 Å². The van der Waals surface area contributed by atoms with E-state index in [-0.39, 0.29) is 0 Å². The minimum Gasteiger partial charge on any atom is -0.276 e. The summed E-state index contributed by atoms with van der Waals surface area (Å²) in [6.45, 7) is 2.26. The Morgan fingerprint density at radius 1 is 1.67 bits per heavy atom. The second-order valence-corrected chi connectivity index (χ2v) is 3.97. The van der Waals surface area contributed by atoms with Gasteiger partial charge in [-0.3, -0.25) is 4.68 Å². The average Bonchev–Trinajstić information content (AvgIpc) is 2.47. The van der Waals surface area contributed by atoms with E-state index in [0.717, 1.165) is 17.7 Å². The molecule has 0 radical (unpaired) electrons. The topological polar surface area (TPSA) is 17.8 Å². The van der Waals surface area contributed by atoms with Crippen LogP contribution in [-0.4, -0.2) is 15.1 Å². The Morgan fingerprint density at radius 3 is 2.92 bits per heavy atom. The zero-order valence-electron chi connectivity index (χ0n) is 7.63. The van der Waals surface area contributed by atoms with Gasteiger partial charge in [-0.2, -0.15) is 5.10 Å². The minimum atomic E-state index is 0.755. The van der Waals surface area contributed by atoms with Gasteiger partial charge in [-0.05, 0) is 24.3 Å². The fourth-order valence-corrected chi connectivity index (χ4v) is 1.41. The summed E-state index contributed by atoms with van der Waals surface area (Å²) in [5.74, 6) is 0.755. The van der Waals surface area contributed by atoms with Crippen LogP contribution in [-0.2, 0) is 13.5 Å². The SMILES string of the molecule is CC(CBr)CCc1cnn(C)c1. The molecule has 0 amide bonds. The minimum absolute atomic E-state index is 0.755. The second kappa shape index (κ2) is 4.65. The molecule has 0 aliphatic heterocycles.